The molecule has 3 fully saturated rings. The molecule has 1 heterocycles. The predicted octanol–water partition coefficient (Wildman–Crippen LogP) is 4.01. The third-order valence-corrected chi connectivity index (χ3v) is 6.80. The molecule has 0 aromatic heterocycles. The first-order chi connectivity index (χ1) is 10.2. The molecule has 2 saturated carbocycles. The Kier molecular flexibility index (Phi) is 5.27. The van der Waals surface area contributed by atoms with Gasteiger partial charge in [-0.05, 0) is 96.1 Å². The van der Waals surface area contributed by atoms with Crippen LogP contribution in [0.15, 0.2) is 0 Å². The molecule has 1 saturated heterocycles. The number of rotatable bonds is 4. The fourth-order valence-corrected chi connectivity index (χ4v) is 5.40. The average Bonchev–Trinajstić information content (AvgIpc) is 2.49. The van der Waals surface area contributed by atoms with Crippen molar-refractivity contribution in [3.8, 4) is 0 Å². The van der Waals surface area contributed by atoms with E-state index in [4.69, 9.17) is 0 Å². The van der Waals surface area contributed by atoms with E-state index in [-0.39, 0.29) is 0 Å². The zero-order chi connectivity index (χ0) is 14.7. The van der Waals surface area contributed by atoms with Crippen LogP contribution >= 0.6 is 0 Å². The van der Waals surface area contributed by atoms with E-state index in [0.29, 0.717) is 0 Å². The summed E-state index contributed by atoms with van der Waals surface area (Å²) in [6.07, 6.45) is 15.2. The Hall–Kier alpha value is -0.0800. The van der Waals surface area contributed by atoms with Gasteiger partial charge in [0.05, 0.1) is 0 Å². The van der Waals surface area contributed by atoms with Gasteiger partial charge in [0.2, 0.25) is 0 Å². The van der Waals surface area contributed by atoms with Crippen LogP contribution in [0.2, 0.25) is 0 Å². The van der Waals surface area contributed by atoms with E-state index in [1.165, 1.54) is 58.3 Å². The Labute approximate surface area is 132 Å². The fourth-order valence-electron chi connectivity index (χ4n) is 5.40. The van der Waals surface area contributed by atoms with Crippen molar-refractivity contribution in [2.45, 2.75) is 64.2 Å². The molecule has 2 atom stereocenters. The molecule has 0 amide bonds. The lowest BCUT2D eigenvalue weighted by molar-refractivity contribution is 0.00590. The summed E-state index contributed by atoms with van der Waals surface area (Å²) >= 11 is 0. The molecule has 21 heavy (non-hydrogen) atoms. The van der Waals surface area contributed by atoms with Crippen LogP contribution in [0.3, 0.4) is 0 Å². The highest BCUT2D eigenvalue weighted by molar-refractivity contribution is 4.94. The highest BCUT2D eigenvalue weighted by Crippen LogP contribution is 2.52. The molecule has 2 nitrogen and oxygen atoms in total. The second-order valence-corrected chi connectivity index (χ2v) is 8.55. The molecule has 2 unspecified atom stereocenters. The van der Waals surface area contributed by atoms with Gasteiger partial charge in [0.1, 0.15) is 0 Å². The topological polar surface area (TPSA) is 6.48 Å². The number of piperidine rings is 1. The maximum absolute atomic E-state index is 2.74. The van der Waals surface area contributed by atoms with Gasteiger partial charge in [-0.25, -0.2) is 0 Å². The summed E-state index contributed by atoms with van der Waals surface area (Å²) in [7, 11) is 4.38. The lowest BCUT2D eigenvalue weighted by Crippen LogP contribution is -2.45. The minimum Gasteiger partial charge on any atom is -0.309 e. The third kappa shape index (κ3) is 4.01. The molecule has 122 valence electrons. The van der Waals surface area contributed by atoms with Crippen molar-refractivity contribution in [3.05, 3.63) is 0 Å². The Bertz CT molecular complexity index is 318. The number of hydrogen-bond donors (Lipinski definition) is 0. The quantitative estimate of drug-likeness (QED) is 0.772. The molecular formula is C19H36N2. The van der Waals surface area contributed by atoms with E-state index in [1.807, 2.05) is 0 Å². The van der Waals surface area contributed by atoms with Gasteiger partial charge < -0.3 is 9.80 Å². The first-order valence-electron chi connectivity index (χ1n) is 9.54. The van der Waals surface area contributed by atoms with Crippen LogP contribution in [-0.2, 0) is 0 Å². The summed E-state index contributed by atoms with van der Waals surface area (Å²) in [4.78, 5) is 5.05. The molecule has 2 heteroatoms. The maximum Gasteiger partial charge on any atom is -0.000654 e. The number of nitrogens with zero attached hydrogens (tertiary/aromatic N) is 2. The standard InChI is InChI=1S/C19H36N2/c1-20(2)12-5-13-21-14-10-19(11-15-21)9-8-17-6-3-4-7-18(17)16-19/h17-18H,3-16H2,1-2H3. The average molecular weight is 293 g/mol. The van der Waals surface area contributed by atoms with Gasteiger partial charge in [-0.3, -0.25) is 0 Å². The number of hydrogen-bond acceptors (Lipinski definition) is 2. The molecule has 3 rings (SSSR count). The number of likely N-dealkylation sites (tertiary alicyclic amines) is 1. The molecule has 3 aliphatic rings. The van der Waals surface area contributed by atoms with Crippen LogP contribution in [0.4, 0.5) is 0 Å². The van der Waals surface area contributed by atoms with E-state index in [2.05, 4.69) is 23.9 Å². The van der Waals surface area contributed by atoms with Crippen molar-refractivity contribution in [2.24, 2.45) is 17.3 Å². The first kappa shape index (κ1) is 15.8. The van der Waals surface area contributed by atoms with E-state index in [9.17, 15) is 0 Å². The van der Waals surface area contributed by atoms with Crippen molar-refractivity contribution in [3.63, 3.8) is 0 Å². The fraction of sp³-hybridized carbons (Fsp3) is 1.00. The van der Waals surface area contributed by atoms with Crippen molar-refractivity contribution < 1.29 is 0 Å². The molecule has 0 bridgehead atoms. The van der Waals surface area contributed by atoms with Gasteiger partial charge in [0.25, 0.3) is 0 Å². The minimum absolute atomic E-state index is 0.760. The Balaban J connectivity index is 1.44. The SMILES string of the molecule is CN(C)CCCN1CCC2(CCC3CCCCC3C2)CC1. The summed E-state index contributed by atoms with van der Waals surface area (Å²) in [5, 5.41) is 0. The second kappa shape index (κ2) is 7.00. The van der Waals surface area contributed by atoms with Crippen molar-refractivity contribution in [1.82, 2.24) is 9.80 Å². The zero-order valence-corrected chi connectivity index (χ0v) is 14.4. The van der Waals surface area contributed by atoms with Gasteiger partial charge in [0.15, 0.2) is 0 Å². The monoisotopic (exact) mass is 292 g/mol. The minimum atomic E-state index is 0.760. The highest BCUT2D eigenvalue weighted by atomic mass is 15.1. The van der Waals surface area contributed by atoms with Crippen LogP contribution in [0.25, 0.3) is 0 Å². The van der Waals surface area contributed by atoms with Gasteiger partial charge in [-0.1, -0.05) is 25.7 Å². The molecule has 1 spiro atoms. The van der Waals surface area contributed by atoms with Gasteiger partial charge >= 0.3 is 0 Å². The summed E-state index contributed by atoms with van der Waals surface area (Å²) in [5.41, 5.74) is 0.760. The highest BCUT2D eigenvalue weighted by Gasteiger charge is 2.42. The van der Waals surface area contributed by atoms with Crippen molar-refractivity contribution >= 4 is 0 Å². The van der Waals surface area contributed by atoms with Crippen LogP contribution in [-0.4, -0.2) is 50.1 Å². The van der Waals surface area contributed by atoms with Crippen LogP contribution in [0, 0.1) is 17.3 Å². The lowest BCUT2D eigenvalue weighted by atomic mass is 9.58. The Morgan fingerprint density at radius 3 is 2.38 bits per heavy atom. The van der Waals surface area contributed by atoms with E-state index < -0.39 is 0 Å². The summed E-state index contributed by atoms with van der Waals surface area (Å²) in [6.45, 7) is 5.32. The Morgan fingerprint density at radius 2 is 1.67 bits per heavy atom. The van der Waals surface area contributed by atoms with Crippen LogP contribution in [0.1, 0.15) is 64.2 Å². The zero-order valence-electron chi connectivity index (χ0n) is 14.4. The largest absolute Gasteiger partial charge is 0.309 e. The molecule has 0 N–H and O–H groups in total. The van der Waals surface area contributed by atoms with E-state index in [0.717, 1.165) is 17.3 Å². The van der Waals surface area contributed by atoms with Gasteiger partial charge in [-0.2, -0.15) is 0 Å². The van der Waals surface area contributed by atoms with E-state index >= 15 is 0 Å². The third-order valence-electron chi connectivity index (χ3n) is 6.80. The predicted molar refractivity (Wildman–Crippen MR) is 90.6 cm³/mol. The molecule has 0 radical (unpaired) electrons. The Morgan fingerprint density at radius 1 is 0.952 bits per heavy atom. The molecule has 0 aromatic rings. The summed E-state index contributed by atoms with van der Waals surface area (Å²) < 4.78 is 0. The summed E-state index contributed by atoms with van der Waals surface area (Å²) in [5.74, 6) is 2.22. The number of fused-ring (bicyclic) bond motifs is 1. The van der Waals surface area contributed by atoms with Crippen LogP contribution < -0.4 is 0 Å². The molecule has 1 aliphatic heterocycles. The van der Waals surface area contributed by atoms with E-state index in [1.54, 1.807) is 32.1 Å². The smallest absolute Gasteiger partial charge is 0.000654 e. The first-order valence-corrected chi connectivity index (χ1v) is 9.54. The van der Waals surface area contributed by atoms with Gasteiger partial charge in [0, 0.05) is 0 Å². The second-order valence-electron chi connectivity index (χ2n) is 8.55. The normalized spacial score (nSPS) is 33.3. The summed E-state index contributed by atoms with van der Waals surface area (Å²) in [6, 6.07) is 0. The van der Waals surface area contributed by atoms with Crippen molar-refractivity contribution in [1.29, 1.82) is 0 Å². The maximum atomic E-state index is 2.74. The van der Waals surface area contributed by atoms with Gasteiger partial charge in [-0.15, -0.1) is 0 Å². The molecular weight excluding hydrogens is 256 g/mol. The molecule has 2 aliphatic carbocycles. The molecule has 0 aromatic carbocycles. The van der Waals surface area contributed by atoms with Crippen LogP contribution in [0.5, 0.6) is 0 Å². The van der Waals surface area contributed by atoms with Crippen molar-refractivity contribution in [2.75, 3.05) is 40.3 Å². The lowest BCUT2D eigenvalue weighted by Gasteiger charge is -2.50.